The van der Waals surface area contributed by atoms with Gasteiger partial charge >= 0.3 is 0 Å². The summed E-state index contributed by atoms with van der Waals surface area (Å²) in [5.41, 5.74) is 8.67. The predicted octanol–water partition coefficient (Wildman–Crippen LogP) is 10.3. The standard InChI is InChI=1S/C41H29N3O/c1-3-11-26(12-4-1)33-17-9-19-35-37(33)38-34(18-10-20-36(38)45-35)41-43-39(28-14-5-2-6-15-28)42-40(44-41)30-23-24-32-29(25-30)22-21-27-13-7-8-16-31(27)32/h1-5,7-14,16-24,30H,6,15,25H2. The SMILES string of the molecule is C1=CCCC(c2nc(-c3cccc4oc5cccc(-c6ccccc6)c5c34)nc(C3C=Cc4c(ccc5ccccc45)C3)n2)=C1. The highest BCUT2D eigenvalue weighted by Crippen LogP contribution is 2.41. The van der Waals surface area contributed by atoms with Crippen molar-refractivity contribution < 1.29 is 4.42 Å². The van der Waals surface area contributed by atoms with E-state index in [1.165, 1.54) is 21.9 Å². The average molecular weight is 580 g/mol. The number of rotatable bonds is 4. The number of fused-ring (bicyclic) bond motifs is 6. The molecule has 214 valence electrons. The first-order valence-corrected chi connectivity index (χ1v) is 15.6. The Hall–Kier alpha value is -5.61. The highest BCUT2D eigenvalue weighted by Gasteiger charge is 2.24. The molecule has 1 unspecified atom stereocenters. The smallest absolute Gasteiger partial charge is 0.164 e. The van der Waals surface area contributed by atoms with Gasteiger partial charge in [-0.05, 0) is 70.0 Å². The predicted molar refractivity (Wildman–Crippen MR) is 184 cm³/mol. The Morgan fingerprint density at radius 1 is 0.667 bits per heavy atom. The monoisotopic (exact) mass is 579 g/mol. The lowest BCUT2D eigenvalue weighted by Gasteiger charge is -2.21. The molecule has 0 saturated heterocycles. The Morgan fingerprint density at radius 2 is 1.44 bits per heavy atom. The number of benzene rings is 5. The lowest BCUT2D eigenvalue weighted by Crippen LogP contribution is -2.13. The Kier molecular flexibility index (Phi) is 6.05. The zero-order valence-corrected chi connectivity index (χ0v) is 24.7. The molecule has 0 aliphatic heterocycles. The van der Waals surface area contributed by atoms with E-state index in [1.807, 2.05) is 24.3 Å². The van der Waals surface area contributed by atoms with Crippen LogP contribution in [0.2, 0.25) is 0 Å². The largest absolute Gasteiger partial charge is 0.456 e. The van der Waals surface area contributed by atoms with Crippen LogP contribution < -0.4 is 0 Å². The molecule has 2 aliphatic rings. The summed E-state index contributed by atoms with van der Waals surface area (Å²) in [6, 6.07) is 36.0. The van der Waals surface area contributed by atoms with Gasteiger partial charge in [0.05, 0.1) is 0 Å². The minimum Gasteiger partial charge on any atom is -0.456 e. The molecular formula is C41H29N3O. The molecule has 2 aromatic heterocycles. The van der Waals surface area contributed by atoms with Crippen LogP contribution in [-0.2, 0) is 6.42 Å². The molecule has 0 spiro atoms. The highest BCUT2D eigenvalue weighted by atomic mass is 16.3. The molecule has 45 heavy (non-hydrogen) atoms. The molecule has 2 aliphatic carbocycles. The third kappa shape index (κ3) is 4.41. The summed E-state index contributed by atoms with van der Waals surface area (Å²) < 4.78 is 6.44. The topological polar surface area (TPSA) is 51.8 Å². The summed E-state index contributed by atoms with van der Waals surface area (Å²) in [7, 11) is 0. The molecule has 5 aromatic carbocycles. The van der Waals surface area contributed by atoms with E-state index >= 15 is 0 Å². The van der Waals surface area contributed by atoms with Crippen molar-refractivity contribution in [3.8, 4) is 22.5 Å². The van der Waals surface area contributed by atoms with Gasteiger partial charge in [0.15, 0.2) is 11.6 Å². The van der Waals surface area contributed by atoms with Gasteiger partial charge in [-0.15, -0.1) is 0 Å². The van der Waals surface area contributed by atoms with E-state index in [9.17, 15) is 0 Å². The number of hydrogen-bond donors (Lipinski definition) is 0. The molecule has 0 bridgehead atoms. The third-order valence-corrected chi connectivity index (χ3v) is 9.13. The van der Waals surface area contributed by atoms with Crippen molar-refractivity contribution in [1.29, 1.82) is 0 Å². The molecule has 0 fully saturated rings. The normalized spacial score (nSPS) is 15.9. The molecule has 1 atom stereocenters. The van der Waals surface area contributed by atoms with E-state index < -0.39 is 0 Å². The zero-order chi connectivity index (χ0) is 29.7. The van der Waals surface area contributed by atoms with E-state index in [0.717, 1.165) is 75.1 Å². The quantitative estimate of drug-likeness (QED) is 0.208. The summed E-state index contributed by atoms with van der Waals surface area (Å²) in [5.74, 6) is 2.28. The fourth-order valence-electron chi connectivity index (χ4n) is 6.93. The zero-order valence-electron chi connectivity index (χ0n) is 24.7. The van der Waals surface area contributed by atoms with Gasteiger partial charge in [0.25, 0.3) is 0 Å². The van der Waals surface area contributed by atoms with Gasteiger partial charge in [0, 0.05) is 22.3 Å². The fraction of sp³-hybridized carbons (Fsp3) is 0.0976. The first-order valence-electron chi connectivity index (χ1n) is 15.6. The lowest BCUT2D eigenvalue weighted by atomic mass is 9.86. The Labute approximate surface area is 261 Å². The second-order valence-corrected chi connectivity index (χ2v) is 11.9. The van der Waals surface area contributed by atoms with Gasteiger partial charge in [0.1, 0.15) is 17.0 Å². The van der Waals surface area contributed by atoms with Crippen LogP contribution in [0.4, 0.5) is 0 Å². The van der Waals surface area contributed by atoms with Crippen molar-refractivity contribution in [3.63, 3.8) is 0 Å². The van der Waals surface area contributed by atoms with E-state index in [-0.39, 0.29) is 5.92 Å². The van der Waals surface area contributed by atoms with Gasteiger partial charge in [-0.1, -0.05) is 121 Å². The molecular weight excluding hydrogens is 550 g/mol. The van der Waals surface area contributed by atoms with E-state index in [0.29, 0.717) is 5.82 Å². The van der Waals surface area contributed by atoms with Crippen LogP contribution in [0.25, 0.3) is 66.9 Å². The number of hydrogen-bond acceptors (Lipinski definition) is 4. The summed E-state index contributed by atoms with van der Waals surface area (Å²) >= 11 is 0. The second-order valence-electron chi connectivity index (χ2n) is 11.9. The summed E-state index contributed by atoms with van der Waals surface area (Å²) in [6.07, 6.45) is 13.7. The van der Waals surface area contributed by atoms with Crippen molar-refractivity contribution in [2.24, 2.45) is 0 Å². The molecule has 0 saturated carbocycles. The second kappa shape index (κ2) is 10.5. The first-order chi connectivity index (χ1) is 22.3. The van der Waals surface area contributed by atoms with Gasteiger partial charge in [0.2, 0.25) is 0 Å². The van der Waals surface area contributed by atoms with E-state index in [1.54, 1.807) is 0 Å². The molecule has 2 heterocycles. The highest BCUT2D eigenvalue weighted by molar-refractivity contribution is 6.17. The molecule has 4 heteroatoms. The van der Waals surface area contributed by atoms with Crippen LogP contribution in [0.5, 0.6) is 0 Å². The molecule has 0 N–H and O–H groups in total. The van der Waals surface area contributed by atoms with E-state index in [2.05, 4.69) is 109 Å². The summed E-state index contributed by atoms with van der Waals surface area (Å²) in [5, 5.41) is 4.66. The molecule has 4 nitrogen and oxygen atoms in total. The van der Waals surface area contributed by atoms with Crippen LogP contribution in [0, 0.1) is 0 Å². The van der Waals surface area contributed by atoms with Gasteiger partial charge < -0.3 is 4.42 Å². The third-order valence-electron chi connectivity index (χ3n) is 9.13. The van der Waals surface area contributed by atoms with Crippen molar-refractivity contribution in [2.45, 2.75) is 25.2 Å². The number of nitrogens with zero attached hydrogens (tertiary/aromatic N) is 3. The van der Waals surface area contributed by atoms with Crippen molar-refractivity contribution >= 4 is 44.4 Å². The van der Waals surface area contributed by atoms with Gasteiger partial charge in [-0.3, -0.25) is 0 Å². The maximum Gasteiger partial charge on any atom is 0.164 e. The molecule has 0 amide bonds. The first kappa shape index (κ1) is 25.8. The number of allylic oxidation sites excluding steroid dienone is 5. The van der Waals surface area contributed by atoms with Crippen LogP contribution in [0.3, 0.4) is 0 Å². The van der Waals surface area contributed by atoms with Crippen LogP contribution in [0.1, 0.15) is 41.5 Å². The lowest BCUT2D eigenvalue weighted by molar-refractivity contribution is 0.669. The van der Waals surface area contributed by atoms with Crippen LogP contribution >= 0.6 is 0 Å². The molecule has 7 aromatic rings. The number of furan rings is 1. The van der Waals surface area contributed by atoms with Crippen molar-refractivity contribution in [2.75, 3.05) is 0 Å². The van der Waals surface area contributed by atoms with Crippen molar-refractivity contribution in [3.05, 3.63) is 150 Å². The number of aromatic nitrogens is 3. The van der Waals surface area contributed by atoms with Crippen molar-refractivity contribution in [1.82, 2.24) is 15.0 Å². The minimum absolute atomic E-state index is 0.0408. The Morgan fingerprint density at radius 3 is 2.29 bits per heavy atom. The Bertz CT molecular complexity index is 2360. The van der Waals surface area contributed by atoms with Gasteiger partial charge in [-0.25, -0.2) is 15.0 Å². The molecule has 9 rings (SSSR count). The van der Waals surface area contributed by atoms with Crippen LogP contribution in [0.15, 0.2) is 132 Å². The average Bonchev–Trinajstić information content (AvgIpc) is 3.51. The Balaban J connectivity index is 1.24. The van der Waals surface area contributed by atoms with Gasteiger partial charge in [-0.2, -0.15) is 0 Å². The maximum absolute atomic E-state index is 6.44. The summed E-state index contributed by atoms with van der Waals surface area (Å²) in [6.45, 7) is 0. The molecule has 0 radical (unpaired) electrons. The minimum atomic E-state index is 0.0408. The van der Waals surface area contributed by atoms with Crippen LogP contribution in [-0.4, -0.2) is 15.0 Å². The fourth-order valence-corrected chi connectivity index (χ4v) is 6.93. The summed E-state index contributed by atoms with van der Waals surface area (Å²) in [4.78, 5) is 15.5. The maximum atomic E-state index is 6.44. The van der Waals surface area contributed by atoms with E-state index in [4.69, 9.17) is 19.4 Å².